The smallest absolute Gasteiger partial charge is 0.337 e. The van der Waals surface area contributed by atoms with Crippen molar-refractivity contribution in [1.82, 2.24) is 0 Å². The molecule has 1 aromatic rings. The zero-order valence-electron chi connectivity index (χ0n) is 9.40. The molecule has 1 rings (SSSR count). The van der Waals surface area contributed by atoms with Crippen LogP contribution in [0.15, 0.2) is 18.2 Å². The predicted octanol–water partition coefficient (Wildman–Crippen LogP) is 2.67. The summed E-state index contributed by atoms with van der Waals surface area (Å²) in [6.45, 7) is 0. The van der Waals surface area contributed by atoms with Gasteiger partial charge in [-0.1, -0.05) is 37.9 Å². The molecule has 0 aliphatic rings. The maximum absolute atomic E-state index is 11.8. The van der Waals surface area contributed by atoms with E-state index in [0.717, 1.165) is 5.56 Å². The number of carbonyl (C=O) groups is 2. The Labute approximate surface area is 121 Å². The molecule has 0 amide bonds. The molecule has 1 unspecified atom stereocenters. The Balaban J connectivity index is 3.16. The van der Waals surface area contributed by atoms with E-state index in [1.807, 2.05) is 0 Å². The summed E-state index contributed by atoms with van der Waals surface area (Å²) in [5.41, 5.74) is 1.39. The number of hydrogen-bond donors (Lipinski definition) is 2. The van der Waals surface area contributed by atoms with E-state index in [1.54, 1.807) is 12.1 Å². The average molecular weight is 380 g/mol. The Morgan fingerprint density at radius 2 is 1.89 bits per heavy atom. The van der Waals surface area contributed by atoms with E-state index in [2.05, 4.69) is 31.9 Å². The van der Waals surface area contributed by atoms with Crippen molar-refractivity contribution in [3.05, 3.63) is 34.9 Å². The summed E-state index contributed by atoms with van der Waals surface area (Å²) in [5.74, 6) is -1.42. The first-order chi connectivity index (χ1) is 8.49. The van der Waals surface area contributed by atoms with Crippen LogP contribution in [0.1, 0.15) is 34.0 Å². The number of carboxylic acid groups (broad SMARTS) is 1. The summed E-state index contributed by atoms with van der Waals surface area (Å²) >= 11 is 6.43. The van der Waals surface area contributed by atoms with Crippen LogP contribution in [0.4, 0.5) is 0 Å². The highest BCUT2D eigenvalue weighted by molar-refractivity contribution is 9.09. The van der Waals surface area contributed by atoms with Gasteiger partial charge in [0.05, 0.1) is 0 Å². The van der Waals surface area contributed by atoms with Crippen molar-refractivity contribution in [2.24, 2.45) is 0 Å². The number of ketones is 1. The molecule has 0 saturated heterocycles. The number of alkyl halides is 2. The normalized spacial score (nSPS) is 12.2. The fourth-order valence-corrected chi connectivity index (χ4v) is 2.17. The highest BCUT2D eigenvalue weighted by atomic mass is 79.9. The maximum atomic E-state index is 11.8. The summed E-state index contributed by atoms with van der Waals surface area (Å²) in [5, 5.41) is 19.3. The van der Waals surface area contributed by atoms with Crippen LogP contribution >= 0.6 is 31.9 Å². The number of carboxylic acids is 1. The number of rotatable bonds is 6. The van der Waals surface area contributed by atoms with Gasteiger partial charge in [-0.15, -0.1) is 0 Å². The van der Waals surface area contributed by atoms with Crippen LogP contribution in [0, 0.1) is 0 Å². The molecule has 0 bridgehead atoms. The number of carbonyl (C=O) groups excluding carboxylic acids is 1. The Bertz CT molecular complexity index is 459. The molecule has 0 radical (unpaired) electrons. The molecule has 0 heterocycles. The molecule has 0 aliphatic heterocycles. The first kappa shape index (κ1) is 15.3. The zero-order valence-corrected chi connectivity index (χ0v) is 12.6. The van der Waals surface area contributed by atoms with Gasteiger partial charge in [0.25, 0.3) is 0 Å². The fraction of sp³-hybridized carbons (Fsp3) is 0.333. The van der Waals surface area contributed by atoms with Gasteiger partial charge in [0.15, 0.2) is 11.9 Å². The Hall–Kier alpha value is -0.720. The number of aliphatic hydroxyl groups is 1. The zero-order chi connectivity index (χ0) is 13.7. The van der Waals surface area contributed by atoms with Crippen molar-refractivity contribution in [1.29, 1.82) is 0 Å². The molecular weight excluding hydrogens is 368 g/mol. The Morgan fingerprint density at radius 1 is 1.22 bits per heavy atom. The third kappa shape index (κ3) is 3.90. The summed E-state index contributed by atoms with van der Waals surface area (Å²) in [6.07, 6.45) is -1.28. The van der Waals surface area contributed by atoms with Gasteiger partial charge in [0, 0.05) is 22.6 Å². The lowest BCUT2D eigenvalue weighted by Gasteiger charge is -2.10. The first-order valence-corrected chi connectivity index (χ1v) is 7.43. The van der Waals surface area contributed by atoms with Crippen molar-refractivity contribution in [3.8, 4) is 0 Å². The number of benzene rings is 1. The van der Waals surface area contributed by atoms with Gasteiger partial charge in [0.2, 0.25) is 0 Å². The summed E-state index contributed by atoms with van der Waals surface area (Å²) < 4.78 is 0. The summed E-state index contributed by atoms with van der Waals surface area (Å²) in [6, 6.07) is 4.69. The third-order valence-corrected chi connectivity index (χ3v) is 3.41. The number of hydrogen-bond acceptors (Lipinski definition) is 3. The van der Waals surface area contributed by atoms with Crippen LogP contribution in [-0.2, 0) is 10.1 Å². The molecule has 0 saturated carbocycles. The van der Waals surface area contributed by atoms with Crippen LogP contribution in [0.25, 0.3) is 0 Å². The second-order valence-electron chi connectivity index (χ2n) is 3.70. The summed E-state index contributed by atoms with van der Waals surface area (Å²) in [7, 11) is 0. The molecule has 2 N–H and O–H groups in total. The number of aliphatic hydroxyl groups excluding tert-OH is 1. The molecule has 4 nitrogen and oxygen atoms in total. The molecule has 0 aliphatic carbocycles. The van der Waals surface area contributed by atoms with Crippen LogP contribution in [0.5, 0.6) is 0 Å². The van der Waals surface area contributed by atoms with E-state index in [9.17, 15) is 14.7 Å². The van der Waals surface area contributed by atoms with E-state index in [0.29, 0.717) is 22.6 Å². The van der Waals surface area contributed by atoms with E-state index in [1.165, 1.54) is 6.07 Å². The van der Waals surface area contributed by atoms with Crippen molar-refractivity contribution in [2.45, 2.75) is 17.9 Å². The molecule has 18 heavy (non-hydrogen) atoms. The van der Waals surface area contributed by atoms with E-state index in [-0.39, 0.29) is 11.3 Å². The Kier molecular flexibility index (Phi) is 5.98. The lowest BCUT2D eigenvalue weighted by molar-refractivity contribution is -0.146. The lowest BCUT2D eigenvalue weighted by atomic mass is 9.99. The summed E-state index contributed by atoms with van der Waals surface area (Å²) in [4.78, 5) is 22.5. The largest absolute Gasteiger partial charge is 0.479 e. The van der Waals surface area contributed by atoms with Crippen molar-refractivity contribution < 1.29 is 19.8 Å². The molecule has 98 valence electrons. The first-order valence-electron chi connectivity index (χ1n) is 5.19. The van der Waals surface area contributed by atoms with Crippen LogP contribution in [0.2, 0.25) is 0 Å². The molecule has 6 heteroatoms. The van der Waals surface area contributed by atoms with Gasteiger partial charge in [0.1, 0.15) is 0 Å². The van der Waals surface area contributed by atoms with Crippen LogP contribution in [0.3, 0.4) is 0 Å². The molecule has 0 spiro atoms. The number of halogens is 2. The van der Waals surface area contributed by atoms with Crippen molar-refractivity contribution in [2.75, 3.05) is 5.33 Å². The minimum atomic E-state index is -1.61. The van der Waals surface area contributed by atoms with Crippen molar-refractivity contribution >= 4 is 43.6 Å². The van der Waals surface area contributed by atoms with Crippen molar-refractivity contribution in [3.63, 3.8) is 0 Å². The quantitative estimate of drug-likeness (QED) is 0.588. The third-order valence-electron chi connectivity index (χ3n) is 2.36. The lowest BCUT2D eigenvalue weighted by Crippen LogP contribution is -2.12. The van der Waals surface area contributed by atoms with Crippen LogP contribution < -0.4 is 0 Å². The van der Waals surface area contributed by atoms with Crippen LogP contribution in [-0.4, -0.2) is 27.3 Å². The number of Topliss-reactive ketones (excluding diaryl/α,β-unsaturated/α-hetero) is 1. The van der Waals surface area contributed by atoms with E-state index < -0.39 is 12.1 Å². The van der Waals surface area contributed by atoms with Gasteiger partial charge in [-0.2, -0.15) is 0 Å². The second kappa shape index (κ2) is 7.01. The standard InChI is InChI=1S/C12H12Br2O4/c13-2-1-10(15)8-3-7(6-14)4-9(5-8)11(16)12(17)18/h3-5,11,16H,1-2,6H2,(H,17,18). The topological polar surface area (TPSA) is 74.6 Å². The van der Waals surface area contributed by atoms with Gasteiger partial charge in [-0.25, -0.2) is 4.79 Å². The average Bonchev–Trinajstić information content (AvgIpc) is 2.37. The predicted molar refractivity (Wildman–Crippen MR) is 74.4 cm³/mol. The molecule has 0 fully saturated rings. The van der Waals surface area contributed by atoms with E-state index in [4.69, 9.17) is 5.11 Å². The minimum absolute atomic E-state index is 0.0893. The van der Waals surface area contributed by atoms with Gasteiger partial charge >= 0.3 is 5.97 Å². The van der Waals surface area contributed by atoms with Gasteiger partial charge in [-0.05, 0) is 23.3 Å². The molecule has 1 aromatic carbocycles. The van der Waals surface area contributed by atoms with Gasteiger partial charge < -0.3 is 10.2 Å². The van der Waals surface area contributed by atoms with Gasteiger partial charge in [-0.3, -0.25) is 4.79 Å². The monoisotopic (exact) mass is 378 g/mol. The molecule has 1 atom stereocenters. The SMILES string of the molecule is O=C(CCBr)c1cc(CBr)cc(C(O)C(=O)O)c1. The maximum Gasteiger partial charge on any atom is 0.337 e. The highest BCUT2D eigenvalue weighted by Gasteiger charge is 2.18. The second-order valence-corrected chi connectivity index (χ2v) is 5.05. The highest BCUT2D eigenvalue weighted by Crippen LogP contribution is 2.20. The van der Waals surface area contributed by atoms with E-state index >= 15 is 0 Å². The number of aliphatic carboxylic acids is 1. The molecule has 0 aromatic heterocycles. The minimum Gasteiger partial charge on any atom is -0.479 e. The Morgan fingerprint density at radius 3 is 2.39 bits per heavy atom. The fourth-order valence-electron chi connectivity index (χ4n) is 1.49. The molecular formula is C12H12Br2O4.